The van der Waals surface area contributed by atoms with Crippen molar-refractivity contribution >= 4 is 33.8 Å². The number of H-pyrrole nitrogens is 1. The maximum Gasteiger partial charge on any atom is 0.434 e. The first-order valence-corrected chi connectivity index (χ1v) is 6.58. The highest BCUT2D eigenvalue weighted by Gasteiger charge is 2.38. The summed E-state index contributed by atoms with van der Waals surface area (Å²) in [5.41, 5.74) is 0.870. The number of halogens is 3. The Labute approximate surface area is 119 Å². The Bertz CT molecular complexity index is 808. The molecule has 2 N–H and O–H groups in total. The number of anilines is 1. The first kappa shape index (κ1) is 13.6. The number of alkyl halides is 3. The second-order valence-electron chi connectivity index (χ2n) is 4.15. The molecule has 108 valence electrons. The molecule has 0 unspecified atom stereocenters. The van der Waals surface area contributed by atoms with Crippen LogP contribution in [0.15, 0.2) is 29.9 Å². The Morgan fingerprint density at radius 3 is 2.90 bits per heavy atom. The normalized spacial score (nSPS) is 11.8. The number of aromatic amines is 1. The average Bonchev–Trinajstić information content (AvgIpc) is 3.06. The molecule has 5 nitrogen and oxygen atoms in total. The predicted octanol–water partition coefficient (Wildman–Crippen LogP) is 3.29. The van der Waals surface area contributed by atoms with Crippen LogP contribution < -0.4 is 5.32 Å². The Morgan fingerprint density at radius 2 is 2.14 bits per heavy atom. The molecular weight excluding hydrogens is 305 g/mol. The molecule has 0 aliphatic carbocycles. The highest BCUT2D eigenvalue weighted by Crippen LogP contribution is 2.33. The summed E-state index contributed by atoms with van der Waals surface area (Å²) in [6.07, 6.45) is -3.05. The number of amides is 1. The quantitative estimate of drug-likeness (QED) is 0.763. The van der Waals surface area contributed by atoms with E-state index in [4.69, 9.17) is 0 Å². The lowest BCUT2D eigenvalue weighted by Crippen LogP contribution is -2.17. The second kappa shape index (κ2) is 4.85. The molecule has 3 aromatic rings. The smallest absolute Gasteiger partial charge is 0.321 e. The van der Waals surface area contributed by atoms with Gasteiger partial charge in [-0.25, -0.2) is 4.98 Å². The number of nitrogens with one attached hydrogen (secondary N) is 2. The molecular formula is C12H7F3N4OS. The molecule has 0 atom stereocenters. The fraction of sp³-hybridized carbons (Fsp3) is 0.0833. The van der Waals surface area contributed by atoms with Crippen LogP contribution >= 0.6 is 11.3 Å². The molecule has 21 heavy (non-hydrogen) atoms. The van der Waals surface area contributed by atoms with Gasteiger partial charge < -0.3 is 5.32 Å². The van der Waals surface area contributed by atoms with Gasteiger partial charge in [-0.2, -0.15) is 18.3 Å². The van der Waals surface area contributed by atoms with Gasteiger partial charge in [-0.1, -0.05) is 0 Å². The Hall–Kier alpha value is -2.42. The lowest BCUT2D eigenvalue weighted by atomic mass is 10.2. The Balaban J connectivity index is 1.88. The van der Waals surface area contributed by atoms with Gasteiger partial charge in [0.25, 0.3) is 5.91 Å². The number of carbonyl (C=O) groups is 1. The van der Waals surface area contributed by atoms with Gasteiger partial charge in [0.1, 0.15) is 4.88 Å². The van der Waals surface area contributed by atoms with Crippen molar-refractivity contribution < 1.29 is 18.0 Å². The zero-order valence-corrected chi connectivity index (χ0v) is 11.0. The van der Waals surface area contributed by atoms with Gasteiger partial charge in [0.05, 0.1) is 17.2 Å². The SMILES string of the molecule is O=C(Nc1ccc2cn[nH]c2c1)c1scnc1C(F)(F)F. The summed E-state index contributed by atoms with van der Waals surface area (Å²) in [7, 11) is 0. The monoisotopic (exact) mass is 312 g/mol. The van der Waals surface area contributed by atoms with E-state index >= 15 is 0 Å². The van der Waals surface area contributed by atoms with Crippen molar-refractivity contribution in [2.75, 3.05) is 5.32 Å². The molecule has 2 aromatic heterocycles. The largest absolute Gasteiger partial charge is 0.434 e. The zero-order chi connectivity index (χ0) is 15.0. The number of thiazole rings is 1. The maximum absolute atomic E-state index is 12.7. The highest BCUT2D eigenvalue weighted by molar-refractivity contribution is 7.12. The predicted molar refractivity (Wildman–Crippen MR) is 71.2 cm³/mol. The molecule has 0 saturated carbocycles. The van der Waals surface area contributed by atoms with Crippen molar-refractivity contribution in [2.24, 2.45) is 0 Å². The minimum Gasteiger partial charge on any atom is -0.321 e. The van der Waals surface area contributed by atoms with E-state index in [1.807, 2.05) is 0 Å². The molecule has 0 spiro atoms. The van der Waals surface area contributed by atoms with Crippen molar-refractivity contribution in [3.8, 4) is 0 Å². The fourth-order valence-electron chi connectivity index (χ4n) is 1.81. The standard InChI is InChI=1S/C12H7F3N4OS/c13-12(14,15)10-9(21-5-16-10)11(20)18-7-2-1-6-4-17-19-8(6)3-7/h1-5H,(H,17,19)(H,18,20). The van der Waals surface area contributed by atoms with Crippen molar-refractivity contribution in [3.05, 3.63) is 40.5 Å². The van der Waals surface area contributed by atoms with Crippen LogP contribution in [0.4, 0.5) is 18.9 Å². The van der Waals surface area contributed by atoms with Crippen LogP contribution in [0.25, 0.3) is 10.9 Å². The van der Waals surface area contributed by atoms with Gasteiger partial charge in [0.15, 0.2) is 5.69 Å². The van der Waals surface area contributed by atoms with Crippen LogP contribution in [0.2, 0.25) is 0 Å². The Kier molecular flexibility index (Phi) is 3.13. The van der Waals surface area contributed by atoms with Crippen molar-refractivity contribution in [3.63, 3.8) is 0 Å². The minimum absolute atomic E-state index is 0.373. The van der Waals surface area contributed by atoms with Crippen LogP contribution in [0.5, 0.6) is 0 Å². The molecule has 3 rings (SSSR count). The molecule has 2 heterocycles. The number of benzene rings is 1. The zero-order valence-electron chi connectivity index (χ0n) is 10.2. The van der Waals surface area contributed by atoms with Gasteiger partial charge in [-0.3, -0.25) is 9.89 Å². The number of carbonyl (C=O) groups excluding carboxylic acids is 1. The first-order chi connectivity index (χ1) is 9.95. The summed E-state index contributed by atoms with van der Waals surface area (Å²) in [6, 6.07) is 4.88. The van der Waals surface area contributed by atoms with E-state index in [0.717, 1.165) is 10.9 Å². The molecule has 0 saturated heterocycles. The van der Waals surface area contributed by atoms with Gasteiger partial charge >= 0.3 is 6.18 Å². The number of aromatic nitrogens is 3. The number of hydrogen-bond acceptors (Lipinski definition) is 4. The van der Waals surface area contributed by atoms with Gasteiger partial charge in [-0.15, -0.1) is 11.3 Å². The van der Waals surface area contributed by atoms with Crippen LogP contribution in [0.1, 0.15) is 15.4 Å². The lowest BCUT2D eigenvalue weighted by Gasteiger charge is -2.07. The van der Waals surface area contributed by atoms with Crippen LogP contribution in [0.3, 0.4) is 0 Å². The summed E-state index contributed by atoms with van der Waals surface area (Å²) >= 11 is 0.646. The lowest BCUT2D eigenvalue weighted by molar-refractivity contribution is -0.141. The third kappa shape index (κ3) is 2.59. The molecule has 1 aromatic carbocycles. The van der Waals surface area contributed by atoms with Gasteiger partial charge in [0.2, 0.25) is 0 Å². The molecule has 9 heteroatoms. The summed E-state index contributed by atoms with van der Waals surface area (Å²) in [4.78, 5) is 14.7. The number of fused-ring (bicyclic) bond motifs is 1. The molecule has 0 bridgehead atoms. The molecule has 1 amide bonds. The van der Waals surface area contributed by atoms with E-state index in [9.17, 15) is 18.0 Å². The molecule has 0 fully saturated rings. The van der Waals surface area contributed by atoms with Crippen LogP contribution in [-0.4, -0.2) is 21.1 Å². The van der Waals surface area contributed by atoms with E-state index in [-0.39, 0.29) is 0 Å². The first-order valence-electron chi connectivity index (χ1n) is 5.70. The van der Waals surface area contributed by atoms with E-state index in [1.165, 1.54) is 0 Å². The summed E-state index contributed by atoms with van der Waals surface area (Å²) in [5.74, 6) is -0.844. The Morgan fingerprint density at radius 1 is 1.33 bits per heavy atom. The second-order valence-corrected chi connectivity index (χ2v) is 5.01. The highest BCUT2D eigenvalue weighted by atomic mass is 32.1. The fourth-order valence-corrected chi connectivity index (χ4v) is 2.51. The molecule has 0 aliphatic heterocycles. The van der Waals surface area contributed by atoms with Gasteiger partial charge in [0, 0.05) is 11.1 Å². The van der Waals surface area contributed by atoms with Crippen LogP contribution in [0, 0.1) is 0 Å². The minimum atomic E-state index is -4.65. The van der Waals surface area contributed by atoms with E-state index < -0.39 is 22.7 Å². The summed E-state index contributed by atoms with van der Waals surface area (Å²) in [6.45, 7) is 0. The molecule has 0 radical (unpaired) electrons. The molecule has 0 aliphatic rings. The van der Waals surface area contributed by atoms with E-state index in [0.29, 0.717) is 22.5 Å². The summed E-state index contributed by atoms with van der Waals surface area (Å²) < 4.78 is 38.1. The number of rotatable bonds is 2. The van der Waals surface area contributed by atoms with Crippen molar-refractivity contribution in [1.82, 2.24) is 15.2 Å². The average molecular weight is 312 g/mol. The van der Waals surface area contributed by atoms with Crippen molar-refractivity contribution in [1.29, 1.82) is 0 Å². The van der Waals surface area contributed by atoms with E-state index in [2.05, 4.69) is 20.5 Å². The van der Waals surface area contributed by atoms with E-state index in [1.54, 1.807) is 24.4 Å². The number of hydrogen-bond donors (Lipinski definition) is 2. The van der Waals surface area contributed by atoms with Gasteiger partial charge in [-0.05, 0) is 18.2 Å². The number of nitrogens with zero attached hydrogens (tertiary/aromatic N) is 2. The third-order valence-electron chi connectivity index (χ3n) is 2.74. The van der Waals surface area contributed by atoms with Crippen LogP contribution in [-0.2, 0) is 6.18 Å². The maximum atomic E-state index is 12.7. The topological polar surface area (TPSA) is 70.7 Å². The van der Waals surface area contributed by atoms with Crippen molar-refractivity contribution in [2.45, 2.75) is 6.18 Å². The third-order valence-corrected chi connectivity index (χ3v) is 3.57. The summed E-state index contributed by atoms with van der Waals surface area (Å²) in [5, 5.41) is 9.79.